The van der Waals surface area contributed by atoms with Crippen LogP contribution in [0.25, 0.3) is 0 Å². The number of benzene rings is 2. The van der Waals surface area contributed by atoms with Gasteiger partial charge in [0.15, 0.2) is 16.4 Å². The van der Waals surface area contributed by atoms with Gasteiger partial charge in [-0.25, -0.2) is 12.8 Å². The molecule has 0 fully saturated rings. The van der Waals surface area contributed by atoms with E-state index in [1.807, 2.05) is 6.07 Å². The third kappa shape index (κ3) is 5.21. The molecule has 0 aliphatic rings. The molecule has 0 radical (unpaired) electrons. The summed E-state index contributed by atoms with van der Waals surface area (Å²) in [6.07, 6.45) is 0. The zero-order valence-corrected chi connectivity index (χ0v) is 17.3. The van der Waals surface area contributed by atoms with Gasteiger partial charge in [0, 0.05) is 11.4 Å². The van der Waals surface area contributed by atoms with Gasteiger partial charge in [-0.2, -0.15) is 0 Å². The lowest BCUT2D eigenvalue weighted by atomic mass is 10.2. The molecule has 3 aromatic rings. The fourth-order valence-corrected chi connectivity index (χ4v) is 5.59. The number of amides is 1. The van der Waals surface area contributed by atoms with Crippen LogP contribution in [0.15, 0.2) is 70.9 Å². The largest absolute Gasteiger partial charge is 0.484 e. The molecule has 3 rings (SSSR count). The van der Waals surface area contributed by atoms with E-state index in [1.165, 1.54) is 30.4 Å². The molecule has 0 spiro atoms. The Labute approximate surface area is 173 Å². The summed E-state index contributed by atoms with van der Waals surface area (Å²) in [5.74, 6) is -0.351. The lowest BCUT2D eigenvalue weighted by molar-refractivity contribution is -0.123. The normalized spacial score (nSPS) is 12.3. The maximum Gasteiger partial charge on any atom is 0.257 e. The number of hydrogen-bond donors (Lipinski definition) is 1. The van der Waals surface area contributed by atoms with Crippen molar-refractivity contribution in [2.24, 2.45) is 0 Å². The highest BCUT2D eigenvalue weighted by atomic mass is 32.2. The van der Waals surface area contributed by atoms with Gasteiger partial charge in [-0.15, -0.1) is 11.3 Å². The van der Waals surface area contributed by atoms with Crippen molar-refractivity contribution in [2.45, 2.75) is 17.1 Å². The molecule has 5 nitrogen and oxygen atoms in total. The Morgan fingerprint density at radius 1 is 1.14 bits per heavy atom. The molecule has 1 amide bonds. The van der Waals surface area contributed by atoms with Gasteiger partial charge in [0.25, 0.3) is 5.91 Å². The summed E-state index contributed by atoms with van der Waals surface area (Å²) in [5.41, 5.74) is 0.247. The summed E-state index contributed by atoms with van der Waals surface area (Å²) in [7, 11) is -3.84. The number of rotatable bonds is 8. The Morgan fingerprint density at radius 3 is 2.55 bits per heavy atom. The van der Waals surface area contributed by atoms with Gasteiger partial charge >= 0.3 is 0 Å². The van der Waals surface area contributed by atoms with Gasteiger partial charge in [-0.1, -0.05) is 24.3 Å². The Balaban J connectivity index is 1.74. The predicted octanol–water partition coefficient (Wildman–Crippen LogP) is 3.91. The number of hydrogen-bond acceptors (Lipinski definition) is 5. The van der Waals surface area contributed by atoms with Crippen LogP contribution in [0.1, 0.15) is 15.7 Å². The van der Waals surface area contributed by atoms with Gasteiger partial charge in [-0.05, 0) is 54.3 Å². The molecule has 0 unspecified atom stereocenters. The quantitative estimate of drug-likeness (QED) is 0.547. The van der Waals surface area contributed by atoms with Gasteiger partial charge in [0.2, 0.25) is 0 Å². The number of carbonyl (C=O) groups excluding carboxylic acids is 1. The standard InChI is InChI=1S/C21H20FNO4S2/c1-15-12-17(9-10-18(15)22)29(25,26)20(19-8-5-11-28-19)13-23-21(24)14-27-16-6-3-2-4-7-16/h2-12,20H,13-14H2,1H3,(H,23,24)/t20-/m1/s1. The molecule has 1 heterocycles. The maximum absolute atomic E-state index is 13.6. The van der Waals surface area contributed by atoms with Gasteiger partial charge in [0.1, 0.15) is 16.8 Å². The number of nitrogens with one attached hydrogen (secondary N) is 1. The van der Waals surface area contributed by atoms with Crippen LogP contribution in [-0.4, -0.2) is 27.5 Å². The monoisotopic (exact) mass is 433 g/mol. The highest BCUT2D eigenvalue weighted by Crippen LogP contribution is 2.32. The van der Waals surface area contributed by atoms with Crippen LogP contribution in [0.3, 0.4) is 0 Å². The minimum Gasteiger partial charge on any atom is -0.484 e. The van der Waals surface area contributed by atoms with E-state index < -0.39 is 26.8 Å². The Bertz CT molecular complexity index is 1070. The van der Waals surface area contributed by atoms with E-state index in [-0.39, 0.29) is 23.6 Å². The molecule has 152 valence electrons. The number of ether oxygens (including phenoxy) is 1. The highest BCUT2D eigenvalue weighted by molar-refractivity contribution is 7.91. The SMILES string of the molecule is Cc1cc(S(=O)(=O)[C@H](CNC(=O)COc2ccccc2)c2cccs2)ccc1F. The van der Waals surface area contributed by atoms with E-state index in [4.69, 9.17) is 4.74 Å². The molecule has 0 saturated heterocycles. The second kappa shape index (κ2) is 9.19. The maximum atomic E-state index is 13.6. The van der Waals surface area contributed by atoms with Crippen LogP contribution in [-0.2, 0) is 14.6 Å². The average molecular weight is 434 g/mol. The molecule has 2 aromatic carbocycles. The van der Waals surface area contributed by atoms with Crippen molar-refractivity contribution in [1.29, 1.82) is 0 Å². The number of thiophene rings is 1. The van der Waals surface area contributed by atoms with E-state index in [9.17, 15) is 17.6 Å². The predicted molar refractivity (Wildman–Crippen MR) is 110 cm³/mol. The van der Waals surface area contributed by atoms with E-state index in [1.54, 1.807) is 41.8 Å². The fourth-order valence-electron chi connectivity index (χ4n) is 2.72. The summed E-state index contributed by atoms with van der Waals surface area (Å²) in [4.78, 5) is 12.8. The van der Waals surface area contributed by atoms with Gasteiger partial charge < -0.3 is 10.1 Å². The minimum atomic E-state index is -3.84. The number of sulfone groups is 1. The molecule has 1 N–H and O–H groups in total. The van der Waals surface area contributed by atoms with Crippen LogP contribution >= 0.6 is 11.3 Å². The molecule has 8 heteroatoms. The lowest BCUT2D eigenvalue weighted by Crippen LogP contribution is -2.34. The molecule has 1 aromatic heterocycles. The summed E-state index contributed by atoms with van der Waals surface area (Å²) in [5, 5.41) is 3.43. The van der Waals surface area contributed by atoms with Crippen LogP contribution in [0, 0.1) is 12.7 Å². The summed E-state index contributed by atoms with van der Waals surface area (Å²) in [6.45, 7) is 1.17. The first-order valence-corrected chi connectivity index (χ1v) is 11.3. The number of aryl methyl sites for hydroxylation is 1. The number of carbonyl (C=O) groups is 1. The highest BCUT2D eigenvalue weighted by Gasteiger charge is 2.31. The van der Waals surface area contributed by atoms with Crippen LogP contribution in [0.4, 0.5) is 4.39 Å². The first-order chi connectivity index (χ1) is 13.9. The van der Waals surface area contributed by atoms with Crippen molar-refractivity contribution in [1.82, 2.24) is 5.32 Å². The van der Waals surface area contributed by atoms with Crippen molar-refractivity contribution < 1.29 is 22.3 Å². The van der Waals surface area contributed by atoms with Crippen LogP contribution in [0.5, 0.6) is 5.75 Å². The van der Waals surface area contributed by atoms with Crippen LogP contribution < -0.4 is 10.1 Å². The number of halogens is 1. The molecule has 29 heavy (non-hydrogen) atoms. The van der Waals surface area contributed by atoms with Crippen LogP contribution in [0.2, 0.25) is 0 Å². The molecular formula is C21H20FNO4S2. The van der Waals surface area contributed by atoms with Crippen molar-refractivity contribution >= 4 is 27.1 Å². The van der Waals surface area contributed by atoms with Crippen molar-refractivity contribution in [3.8, 4) is 5.75 Å². The fraction of sp³-hybridized carbons (Fsp3) is 0.190. The van der Waals surface area contributed by atoms with E-state index in [2.05, 4.69) is 5.32 Å². The second-order valence-corrected chi connectivity index (χ2v) is 9.48. The Hall–Kier alpha value is -2.71. The third-order valence-corrected chi connectivity index (χ3v) is 7.51. The summed E-state index contributed by atoms with van der Waals surface area (Å²) < 4.78 is 45.3. The smallest absolute Gasteiger partial charge is 0.257 e. The molecular weight excluding hydrogens is 413 g/mol. The van der Waals surface area contributed by atoms with Crippen molar-refractivity contribution in [3.05, 3.63) is 82.3 Å². The summed E-state index contributed by atoms with van der Waals surface area (Å²) >= 11 is 1.29. The van der Waals surface area contributed by atoms with E-state index >= 15 is 0 Å². The Morgan fingerprint density at radius 2 is 1.90 bits per heavy atom. The molecule has 0 aliphatic heterocycles. The zero-order chi connectivity index (χ0) is 20.9. The van der Waals surface area contributed by atoms with Crippen molar-refractivity contribution in [2.75, 3.05) is 13.2 Å². The lowest BCUT2D eigenvalue weighted by Gasteiger charge is -2.18. The van der Waals surface area contributed by atoms with E-state index in [0.29, 0.717) is 10.6 Å². The Kier molecular flexibility index (Phi) is 6.66. The first kappa shape index (κ1) is 21.0. The third-order valence-electron chi connectivity index (χ3n) is 4.29. The second-order valence-electron chi connectivity index (χ2n) is 6.37. The van der Waals surface area contributed by atoms with Gasteiger partial charge in [-0.3, -0.25) is 4.79 Å². The molecule has 0 bridgehead atoms. The minimum absolute atomic E-state index is 0.0181. The van der Waals surface area contributed by atoms with Crippen molar-refractivity contribution in [3.63, 3.8) is 0 Å². The molecule has 1 atom stereocenters. The van der Waals surface area contributed by atoms with E-state index in [0.717, 1.165) is 6.07 Å². The van der Waals surface area contributed by atoms with Gasteiger partial charge in [0.05, 0.1) is 4.90 Å². The number of para-hydroxylation sites is 1. The molecule has 0 saturated carbocycles. The summed E-state index contributed by atoms with van der Waals surface area (Å²) in [6, 6.07) is 16.0. The first-order valence-electron chi connectivity index (χ1n) is 8.86. The average Bonchev–Trinajstić information content (AvgIpc) is 3.23. The zero-order valence-electron chi connectivity index (χ0n) is 15.7. The topological polar surface area (TPSA) is 72.5 Å². The molecule has 0 aliphatic carbocycles.